The van der Waals surface area contributed by atoms with Gasteiger partial charge in [0.2, 0.25) is 5.91 Å². The highest BCUT2D eigenvalue weighted by molar-refractivity contribution is 6.33. The molecule has 0 saturated carbocycles. The average molecular weight is 315 g/mol. The number of carbonyl (C=O) groups is 1. The van der Waals surface area contributed by atoms with Gasteiger partial charge in [-0.25, -0.2) is 0 Å². The van der Waals surface area contributed by atoms with E-state index in [-0.39, 0.29) is 18.0 Å². The van der Waals surface area contributed by atoms with Gasteiger partial charge in [-0.1, -0.05) is 23.2 Å². The molecule has 1 saturated heterocycles. The number of hydrogen-bond donors (Lipinski definition) is 1. The van der Waals surface area contributed by atoms with Crippen LogP contribution in [0.5, 0.6) is 0 Å². The minimum atomic E-state index is 0.0916. The summed E-state index contributed by atoms with van der Waals surface area (Å²) in [5, 5.41) is 4.86. The summed E-state index contributed by atoms with van der Waals surface area (Å²) in [5.74, 6) is 0.257. The highest BCUT2D eigenvalue weighted by atomic mass is 35.5. The lowest BCUT2D eigenvalue weighted by Crippen LogP contribution is -2.40. The molecule has 1 fully saturated rings. The van der Waals surface area contributed by atoms with E-state index >= 15 is 0 Å². The topological polar surface area (TPSA) is 32.3 Å². The van der Waals surface area contributed by atoms with Gasteiger partial charge in [0.05, 0.1) is 0 Å². The van der Waals surface area contributed by atoms with E-state index in [1.54, 1.807) is 6.07 Å². The number of nitrogens with zero attached hydrogens (tertiary/aromatic N) is 1. The molecule has 0 spiro atoms. The van der Waals surface area contributed by atoms with Crippen molar-refractivity contribution >= 4 is 29.1 Å². The first-order valence-corrected chi connectivity index (χ1v) is 7.71. The number of nitrogens with one attached hydrogen (secondary N) is 1. The van der Waals surface area contributed by atoms with Gasteiger partial charge >= 0.3 is 0 Å². The van der Waals surface area contributed by atoms with Gasteiger partial charge in [-0.2, -0.15) is 0 Å². The van der Waals surface area contributed by atoms with E-state index in [1.807, 2.05) is 17.0 Å². The highest BCUT2D eigenvalue weighted by Crippen LogP contribution is 2.26. The number of hydrogen-bond acceptors (Lipinski definition) is 2. The minimum absolute atomic E-state index is 0.0916. The van der Waals surface area contributed by atoms with E-state index in [2.05, 4.69) is 19.2 Å². The Balaban J connectivity index is 1.94. The number of amides is 1. The standard InChI is InChI=1S/C15H20Cl2N2O/c1-10(9-19-7-3-4-15(19)20)18-11(2)13-8-12(16)5-6-14(13)17/h5-6,8,10-11,18H,3-4,7,9H2,1-2H3. The van der Waals surface area contributed by atoms with Crippen molar-refractivity contribution in [3.8, 4) is 0 Å². The zero-order chi connectivity index (χ0) is 14.7. The molecule has 0 aromatic heterocycles. The number of likely N-dealkylation sites (tertiary alicyclic amines) is 1. The second-order valence-electron chi connectivity index (χ2n) is 5.40. The first-order chi connectivity index (χ1) is 9.47. The van der Waals surface area contributed by atoms with Crippen molar-refractivity contribution in [1.29, 1.82) is 0 Å². The molecule has 1 aliphatic heterocycles. The molecule has 1 aromatic carbocycles. The molecule has 110 valence electrons. The molecule has 0 aliphatic carbocycles. The maximum atomic E-state index is 11.6. The second kappa shape index (κ2) is 6.79. The third-order valence-corrected chi connectivity index (χ3v) is 4.20. The summed E-state index contributed by atoms with van der Waals surface area (Å²) in [5.41, 5.74) is 0.985. The summed E-state index contributed by atoms with van der Waals surface area (Å²) in [4.78, 5) is 13.5. The van der Waals surface area contributed by atoms with Crippen LogP contribution in [0.25, 0.3) is 0 Å². The van der Waals surface area contributed by atoms with Crippen LogP contribution in [0.4, 0.5) is 0 Å². The summed E-state index contributed by atoms with van der Waals surface area (Å²) >= 11 is 12.2. The normalized spacial score (nSPS) is 18.4. The van der Waals surface area contributed by atoms with Crippen molar-refractivity contribution < 1.29 is 4.79 Å². The van der Waals surface area contributed by atoms with Crippen molar-refractivity contribution in [3.05, 3.63) is 33.8 Å². The lowest BCUT2D eigenvalue weighted by Gasteiger charge is -2.25. The van der Waals surface area contributed by atoms with Crippen LogP contribution in [0.3, 0.4) is 0 Å². The largest absolute Gasteiger partial charge is 0.341 e. The van der Waals surface area contributed by atoms with Gasteiger partial charge in [-0.3, -0.25) is 4.79 Å². The zero-order valence-electron chi connectivity index (χ0n) is 11.8. The Labute approximate surface area is 130 Å². The van der Waals surface area contributed by atoms with Crippen molar-refractivity contribution in [1.82, 2.24) is 10.2 Å². The van der Waals surface area contributed by atoms with Crippen LogP contribution in [0.2, 0.25) is 10.0 Å². The molecule has 1 heterocycles. The molecule has 1 aromatic rings. The van der Waals surface area contributed by atoms with E-state index in [9.17, 15) is 4.79 Å². The van der Waals surface area contributed by atoms with Gasteiger partial charge < -0.3 is 10.2 Å². The zero-order valence-corrected chi connectivity index (χ0v) is 13.3. The first-order valence-electron chi connectivity index (χ1n) is 6.96. The number of carbonyl (C=O) groups excluding carboxylic acids is 1. The molecule has 5 heteroatoms. The summed E-state index contributed by atoms with van der Waals surface area (Å²) in [6.45, 7) is 5.75. The van der Waals surface area contributed by atoms with E-state index in [0.29, 0.717) is 16.5 Å². The molecule has 2 atom stereocenters. The lowest BCUT2D eigenvalue weighted by atomic mass is 10.1. The molecule has 2 rings (SSSR count). The smallest absolute Gasteiger partial charge is 0.222 e. The van der Waals surface area contributed by atoms with Gasteiger partial charge in [0, 0.05) is 41.6 Å². The van der Waals surface area contributed by atoms with Crippen LogP contribution in [0, 0.1) is 0 Å². The summed E-state index contributed by atoms with van der Waals surface area (Å²) in [6, 6.07) is 5.78. The highest BCUT2D eigenvalue weighted by Gasteiger charge is 2.22. The average Bonchev–Trinajstić information content (AvgIpc) is 2.77. The Hall–Kier alpha value is -0.770. The Kier molecular flexibility index (Phi) is 5.30. The van der Waals surface area contributed by atoms with E-state index in [4.69, 9.17) is 23.2 Å². The van der Waals surface area contributed by atoms with Crippen LogP contribution < -0.4 is 5.32 Å². The fraction of sp³-hybridized carbons (Fsp3) is 0.533. The molecule has 1 aliphatic rings. The maximum absolute atomic E-state index is 11.6. The number of benzene rings is 1. The fourth-order valence-corrected chi connectivity index (χ4v) is 3.11. The molecular weight excluding hydrogens is 295 g/mol. The van der Waals surface area contributed by atoms with Crippen LogP contribution >= 0.6 is 23.2 Å². The molecule has 3 nitrogen and oxygen atoms in total. The van der Waals surface area contributed by atoms with E-state index < -0.39 is 0 Å². The van der Waals surface area contributed by atoms with Gasteiger partial charge in [-0.05, 0) is 44.0 Å². The summed E-state index contributed by atoms with van der Waals surface area (Å²) in [7, 11) is 0. The summed E-state index contributed by atoms with van der Waals surface area (Å²) in [6.07, 6.45) is 1.66. The van der Waals surface area contributed by atoms with Gasteiger partial charge in [-0.15, -0.1) is 0 Å². The van der Waals surface area contributed by atoms with Crippen LogP contribution in [0.1, 0.15) is 38.3 Å². The van der Waals surface area contributed by atoms with Gasteiger partial charge in [0.1, 0.15) is 0 Å². The predicted octanol–water partition coefficient (Wildman–Crippen LogP) is 3.65. The van der Waals surface area contributed by atoms with Gasteiger partial charge in [0.15, 0.2) is 0 Å². The Morgan fingerprint density at radius 2 is 2.10 bits per heavy atom. The molecular formula is C15H20Cl2N2O. The Morgan fingerprint density at radius 1 is 1.35 bits per heavy atom. The first kappa shape index (κ1) is 15.6. The molecule has 1 N–H and O–H groups in total. The number of rotatable bonds is 5. The Morgan fingerprint density at radius 3 is 2.75 bits per heavy atom. The molecule has 0 radical (unpaired) electrons. The Bertz CT molecular complexity index is 493. The van der Waals surface area contributed by atoms with Crippen LogP contribution in [-0.2, 0) is 4.79 Å². The fourth-order valence-electron chi connectivity index (χ4n) is 2.64. The van der Waals surface area contributed by atoms with Crippen molar-refractivity contribution in [2.75, 3.05) is 13.1 Å². The summed E-state index contributed by atoms with van der Waals surface area (Å²) < 4.78 is 0. The lowest BCUT2D eigenvalue weighted by molar-refractivity contribution is -0.127. The van der Waals surface area contributed by atoms with E-state index in [0.717, 1.165) is 25.1 Å². The van der Waals surface area contributed by atoms with Crippen molar-refractivity contribution in [3.63, 3.8) is 0 Å². The second-order valence-corrected chi connectivity index (χ2v) is 6.24. The third kappa shape index (κ3) is 3.87. The predicted molar refractivity (Wildman–Crippen MR) is 83.3 cm³/mol. The van der Waals surface area contributed by atoms with Gasteiger partial charge in [0.25, 0.3) is 0 Å². The third-order valence-electron chi connectivity index (χ3n) is 3.62. The molecule has 1 amide bonds. The van der Waals surface area contributed by atoms with Crippen LogP contribution in [0.15, 0.2) is 18.2 Å². The SMILES string of the molecule is CC(CN1CCCC1=O)NC(C)c1cc(Cl)ccc1Cl. The molecule has 20 heavy (non-hydrogen) atoms. The van der Waals surface area contributed by atoms with E-state index in [1.165, 1.54) is 0 Å². The number of halogens is 2. The molecule has 2 unspecified atom stereocenters. The maximum Gasteiger partial charge on any atom is 0.222 e. The van der Waals surface area contributed by atoms with Crippen molar-refractivity contribution in [2.45, 2.75) is 38.8 Å². The van der Waals surface area contributed by atoms with Crippen molar-refractivity contribution in [2.24, 2.45) is 0 Å². The van der Waals surface area contributed by atoms with Crippen LogP contribution in [-0.4, -0.2) is 29.9 Å². The monoisotopic (exact) mass is 314 g/mol. The molecule has 0 bridgehead atoms. The minimum Gasteiger partial charge on any atom is -0.341 e. The quantitative estimate of drug-likeness (QED) is 0.899.